The van der Waals surface area contributed by atoms with Crippen molar-refractivity contribution in [3.8, 4) is 5.88 Å². The fourth-order valence-electron chi connectivity index (χ4n) is 3.55. The van der Waals surface area contributed by atoms with E-state index in [2.05, 4.69) is 53.7 Å². The van der Waals surface area contributed by atoms with Crippen molar-refractivity contribution in [3.63, 3.8) is 0 Å². The SMILES string of the molecule is Cc1cc2c(C)c(C)n(Cc3ccccc3)c2c(OCc2ccc(F)cc2)n1. The van der Waals surface area contributed by atoms with Crippen molar-refractivity contribution in [1.82, 2.24) is 9.55 Å². The predicted octanol–water partition coefficient (Wildman–Crippen LogP) is 5.73. The normalized spacial score (nSPS) is 11.1. The largest absolute Gasteiger partial charge is 0.471 e. The van der Waals surface area contributed by atoms with E-state index >= 15 is 0 Å². The highest BCUT2D eigenvalue weighted by molar-refractivity contribution is 5.89. The van der Waals surface area contributed by atoms with Crippen LogP contribution in [0.1, 0.15) is 28.1 Å². The molecule has 0 aliphatic carbocycles. The summed E-state index contributed by atoms with van der Waals surface area (Å²) in [7, 11) is 0. The second kappa shape index (κ2) is 7.47. The summed E-state index contributed by atoms with van der Waals surface area (Å²) < 4.78 is 21.6. The van der Waals surface area contributed by atoms with Gasteiger partial charge in [0.05, 0.1) is 0 Å². The number of benzene rings is 2. The maximum absolute atomic E-state index is 13.2. The number of halogens is 1. The number of pyridine rings is 1. The molecule has 2 aromatic heterocycles. The lowest BCUT2D eigenvalue weighted by Gasteiger charge is -2.13. The first-order chi connectivity index (χ1) is 13.5. The molecule has 0 spiro atoms. The number of aryl methyl sites for hydroxylation is 2. The van der Waals surface area contributed by atoms with Crippen LogP contribution in [-0.2, 0) is 13.2 Å². The highest BCUT2D eigenvalue weighted by Crippen LogP contribution is 2.33. The zero-order chi connectivity index (χ0) is 19.7. The summed E-state index contributed by atoms with van der Waals surface area (Å²) in [5, 5.41) is 1.16. The summed E-state index contributed by atoms with van der Waals surface area (Å²) >= 11 is 0. The monoisotopic (exact) mass is 374 g/mol. The van der Waals surface area contributed by atoms with Crippen molar-refractivity contribution >= 4 is 10.9 Å². The van der Waals surface area contributed by atoms with E-state index in [-0.39, 0.29) is 5.82 Å². The molecule has 4 aromatic rings. The fraction of sp³-hybridized carbons (Fsp3) is 0.208. The van der Waals surface area contributed by atoms with Crippen LogP contribution in [0, 0.1) is 26.6 Å². The quantitative estimate of drug-likeness (QED) is 0.446. The van der Waals surface area contributed by atoms with E-state index in [0.717, 1.165) is 28.7 Å². The van der Waals surface area contributed by atoms with Crippen molar-refractivity contribution in [2.24, 2.45) is 0 Å². The van der Waals surface area contributed by atoms with Gasteiger partial charge in [-0.3, -0.25) is 0 Å². The lowest BCUT2D eigenvalue weighted by molar-refractivity contribution is 0.296. The fourth-order valence-corrected chi connectivity index (χ4v) is 3.55. The Morgan fingerprint density at radius 3 is 2.36 bits per heavy atom. The van der Waals surface area contributed by atoms with Crippen LogP contribution in [0.4, 0.5) is 4.39 Å². The van der Waals surface area contributed by atoms with Gasteiger partial charge in [-0.25, -0.2) is 9.37 Å². The highest BCUT2D eigenvalue weighted by atomic mass is 19.1. The maximum Gasteiger partial charge on any atom is 0.239 e. The van der Waals surface area contributed by atoms with Crippen molar-refractivity contribution < 1.29 is 9.13 Å². The van der Waals surface area contributed by atoms with Gasteiger partial charge in [-0.1, -0.05) is 42.5 Å². The molecule has 4 rings (SSSR count). The topological polar surface area (TPSA) is 27.1 Å². The number of fused-ring (bicyclic) bond motifs is 1. The van der Waals surface area contributed by atoms with Crippen LogP contribution in [0.15, 0.2) is 60.7 Å². The zero-order valence-corrected chi connectivity index (χ0v) is 16.4. The van der Waals surface area contributed by atoms with Crippen molar-refractivity contribution in [2.75, 3.05) is 0 Å². The van der Waals surface area contributed by atoms with Gasteiger partial charge in [0.1, 0.15) is 17.9 Å². The molecular weight excluding hydrogens is 351 g/mol. The molecule has 0 aliphatic rings. The molecular formula is C24H23FN2O. The van der Waals surface area contributed by atoms with Gasteiger partial charge in [-0.05, 0) is 55.7 Å². The van der Waals surface area contributed by atoms with Gasteiger partial charge < -0.3 is 9.30 Å². The lowest BCUT2D eigenvalue weighted by atomic mass is 10.1. The molecule has 3 nitrogen and oxygen atoms in total. The third kappa shape index (κ3) is 3.50. The average molecular weight is 374 g/mol. The molecule has 0 saturated heterocycles. The number of hydrogen-bond acceptors (Lipinski definition) is 2. The first-order valence-electron chi connectivity index (χ1n) is 9.41. The second-order valence-electron chi connectivity index (χ2n) is 7.16. The Hall–Kier alpha value is -3.14. The Labute approximate surface area is 164 Å². The van der Waals surface area contributed by atoms with Crippen LogP contribution in [0.25, 0.3) is 10.9 Å². The van der Waals surface area contributed by atoms with E-state index in [9.17, 15) is 4.39 Å². The summed E-state index contributed by atoms with van der Waals surface area (Å²) in [6, 6.07) is 18.9. The molecule has 0 amide bonds. The van der Waals surface area contributed by atoms with Gasteiger partial charge in [0.15, 0.2) is 0 Å². The van der Waals surface area contributed by atoms with Crippen LogP contribution in [-0.4, -0.2) is 9.55 Å². The van der Waals surface area contributed by atoms with Crippen molar-refractivity contribution in [1.29, 1.82) is 0 Å². The van der Waals surface area contributed by atoms with Crippen LogP contribution in [0.5, 0.6) is 5.88 Å². The van der Waals surface area contributed by atoms with Crippen molar-refractivity contribution in [3.05, 3.63) is 94.6 Å². The van der Waals surface area contributed by atoms with Crippen LogP contribution in [0.2, 0.25) is 0 Å². The average Bonchev–Trinajstić information content (AvgIpc) is 2.93. The Bertz CT molecular complexity index is 1120. The third-order valence-electron chi connectivity index (χ3n) is 5.18. The Morgan fingerprint density at radius 1 is 0.929 bits per heavy atom. The molecule has 0 unspecified atom stereocenters. The van der Waals surface area contributed by atoms with Gasteiger partial charge >= 0.3 is 0 Å². The smallest absolute Gasteiger partial charge is 0.239 e. The molecule has 2 heterocycles. The standard InChI is InChI=1S/C24H23FN2O/c1-16-13-22-17(2)18(3)27(14-19-7-5-4-6-8-19)23(22)24(26-16)28-15-20-9-11-21(25)12-10-20/h4-13H,14-15H2,1-3H3. The molecule has 0 atom stereocenters. The first-order valence-corrected chi connectivity index (χ1v) is 9.41. The number of nitrogens with zero attached hydrogens (tertiary/aromatic N) is 2. The van der Waals surface area contributed by atoms with E-state index in [4.69, 9.17) is 4.74 Å². The predicted molar refractivity (Wildman–Crippen MR) is 110 cm³/mol. The van der Waals surface area contributed by atoms with E-state index in [1.165, 1.54) is 29.0 Å². The van der Waals surface area contributed by atoms with Gasteiger partial charge in [0.25, 0.3) is 0 Å². The minimum atomic E-state index is -0.247. The van der Waals surface area contributed by atoms with Gasteiger partial charge in [0, 0.05) is 23.3 Å². The van der Waals surface area contributed by atoms with Crippen LogP contribution < -0.4 is 4.74 Å². The highest BCUT2D eigenvalue weighted by Gasteiger charge is 2.18. The molecule has 0 saturated carbocycles. The van der Waals surface area contributed by atoms with E-state index in [1.807, 2.05) is 13.0 Å². The van der Waals surface area contributed by atoms with Gasteiger partial charge in [-0.15, -0.1) is 0 Å². The Morgan fingerprint density at radius 2 is 1.64 bits per heavy atom. The van der Waals surface area contributed by atoms with Crippen LogP contribution >= 0.6 is 0 Å². The van der Waals surface area contributed by atoms with E-state index in [0.29, 0.717) is 12.5 Å². The summed E-state index contributed by atoms with van der Waals surface area (Å²) in [6.45, 7) is 7.36. The van der Waals surface area contributed by atoms with Gasteiger partial charge in [0.2, 0.25) is 5.88 Å². The Kier molecular flexibility index (Phi) is 4.86. The molecule has 0 fully saturated rings. The number of ether oxygens (including phenoxy) is 1. The second-order valence-corrected chi connectivity index (χ2v) is 7.16. The number of hydrogen-bond donors (Lipinski definition) is 0. The van der Waals surface area contributed by atoms with Crippen molar-refractivity contribution in [2.45, 2.75) is 33.9 Å². The van der Waals surface area contributed by atoms with E-state index < -0.39 is 0 Å². The van der Waals surface area contributed by atoms with Gasteiger partial charge in [-0.2, -0.15) is 0 Å². The lowest BCUT2D eigenvalue weighted by Crippen LogP contribution is -2.05. The van der Waals surface area contributed by atoms with Crippen LogP contribution in [0.3, 0.4) is 0 Å². The molecule has 2 aromatic carbocycles. The first kappa shape index (κ1) is 18.2. The molecule has 142 valence electrons. The molecule has 0 bridgehead atoms. The minimum Gasteiger partial charge on any atom is -0.471 e. The molecule has 0 radical (unpaired) electrons. The third-order valence-corrected chi connectivity index (χ3v) is 5.18. The zero-order valence-electron chi connectivity index (χ0n) is 16.4. The minimum absolute atomic E-state index is 0.247. The number of aromatic nitrogens is 2. The number of rotatable bonds is 5. The molecule has 0 aliphatic heterocycles. The summed E-state index contributed by atoms with van der Waals surface area (Å²) in [5.41, 5.74) is 6.51. The molecule has 28 heavy (non-hydrogen) atoms. The summed E-state index contributed by atoms with van der Waals surface area (Å²) in [5.74, 6) is 0.370. The molecule has 0 N–H and O–H groups in total. The summed E-state index contributed by atoms with van der Waals surface area (Å²) in [6.07, 6.45) is 0. The summed E-state index contributed by atoms with van der Waals surface area (Å²) in [4.78, 5) is 4.67. The molecule has 4 heteroatoms. The van der Waals surface area contributed by atoms with E-state index in [1.54, 1.807) is 12.1 Å². The Balaban J connectivity index is 1.76. The maximum atomic E-state index is 13.2.